The summed E-state index contributed by atoms with van der Waals surface area (Å²) in [5.74, 6) is 1.06. The molecule has 0 saturated heterocycles. The Morgan fingerprint density at radius 1 is 1.21 bits per heavy atom. The molecule has 0 heterocycles. The molecule has 1 aromatic carbocycles. The first kappa shape index (κ1) is 15.8. The van der Waals surface area contributed by atoms with Crippen molar-refractivity contribution in [1.29, 1.82) is 0 Å². The fourth-order valence-corrected chi connectivity index (χ4v) is 3.42. The molecule has 2 N–H and O–H groups in total. The number of hydrogen-bond acceptors (Lipinski definition) is 5. The lowest BCUT2D eigenvalue weighted by molar-refractivity contribution is 0.354. The number of methoxy groups -OCH3 is 2. The van der Waals surface area contributed by atoms with Gasteiger partial charge in [0.1, 0.15) is 0 Å². The van der Waals surface area contributed by atoms with Gasteiger partial charge in [-0.25, -0.2) is 8.42 Å². The molecule has 0 aliphatic rings. The van der Waals surface area contributed by atoms with E-state index in [1.54, 1.807) is 18.2 Å². The Hall–Kier alpha value is -1.27. The van der Waals surface area contributed by atoms with E-state index >= 15 is 0 Å². The van der Waals surface area contributed by atoms with Gasteiger partial charge in [0.2, 0.25) is 0 Å². The van der Waals surface area contributed by atoms with Crippen molar-refractivity contribution in [3.63, 3.8) is 0 Å². The van der Waals surface area contributed by atoms with Gasteiger partial charge >= 0.3 is 0 Å². The van der Waals surface area contributed by atoms with Crippen molar-refractivity contribution in [2.75, 3.05) is 20.0 Å². The molecule has 1 unspecified atom stereocenters. The summed E-state index contributed by atoms with van der Waals surface area (Å²) in [5.41, 5.74) is 6.36. The molecule has 108 valence electrons. The van der Waals surface area contributed by atoms with Crippen LogP contribution in [0.2, 0.25) is 0 Å². The van der Waals surface area contributed by atoms with Crippen LogP contribution in [0, 0.1) is 0 Å². The Bertz CT molecular complexity index is 513. The van der Waals surface area contributed by atoms with Crippen LogP contribution in [-0.2, 0) is 15.6 Å². The van der Waals surface area contributed by atoms with E-state index in [0.717, 1.165) is 0 Å². The average Bonchev–Trinajstić information content (AvgIpc) is 2.37. The van der Waals surface area contributed by atoms with Crippen LogP contribution in [0.5, 0.6) is 11.5 Å². The second kappa shape index (κ2) is 6.77. The van der Waals surface area contributed by atoms with Crippen molar-refractivity contribution in [2.45, 2.75) is 25.1 Å². The van der Waals surface area contributed by atoms with Crippen LogP contribution in [0.1, 0.15) is 18.9 Å². The van der Waals surface area contributed by atoms with Crippen LogP contribution < -0.4 is 15.2 Å². The van der Waals surface area contributed by atoms with E-state index < -0.39 is 9.84 Å². The maximum atomic E-state index is 12.0. The molecule has 0 aromatic heterocycles. The highest BCUT2D eigenvalue weighted by Gasteiger charge is 2.17. The fraction of sp³-hybridized carbons (Fsp3) is 0.538. The molecular formula is C13H21NO4S. The minimum absolute atomic E-state index is 0.00214. The highest BCUT2D eigenvalue weighted by molar-refractivity contribution is 7.90. The first-order valence-electron chi connectivity index (χ1n) is 6.08. The van der Waals surface area contributed by atoms with E-state index in [9.17, 15) is 8.42 Å². The summed E-state index contributed by atoms with van der Waals surface area (Å²) in [7, 11) is -0.159. The van der Waals surface area contributed by atoms with Crippen LogP contribution >= 0.6 is 0 Å². The van der Waals surface area contributed by atoms with Gasteiger partial charge in [0.25, 0.3) is 0 Å². The third-order valence-electron chi connectivity index (χ3n) is 2.83. The van der Waals surface area contributed by atoms with Crippen molar-refractivity contribution in [3.8, 4) is 11.5 Å². The van der Waals surface area contributed by atoms with E-state index in [4.69, 9.17) is 15.2 Å². The molecule has 1 rings (SSSR count). The molecule has 0 saturated carbocycles. The lowest BCUT2D eigenvalue weighted by Gasteiger charge is -2.12. The zero-order valence-corrected chi connectivity index (χ0v) is 12.4. The van der Waals surface area contributed by atoms with Crippen molar-refractivity contribution in [2.24, 2.45) is 5.73 Å². The zero-order valence-electron chi connectivity index (χ0n) is 11.5. The topological polar surface area (TPSA) is 78.6 Å². The van der Waals surface area contributed by atoms with Gasteiger partial charge in [-0.2, -0.15) is 0 Å². The molecule has 6 heteroatoms. The summed E-state index contributed by atoms with van der Waals surface area (Å²) < 4.78 is 34.2. The predicted octanol–water partition coefficient (Wildman–Crippen LogP) is 1.36. The molecule has 0 spiro atoms. The maximum absolute atomic E-state index is 12.0. The van der Waals surface area contributed by atoms with Crippen molar-refractivity contribution >= 4 is 9.84 Å². The van der Waals surface area contributed by atoms with E-state index in [0.29, 0.717) is 23.5 Å². The number of ether oxygens (including phenoxy) is 2. The molecule has 19 heavy (non-hydrogen) atoms. The Morgan fingerprint density at radius 3 is 2.37 bits per heavy atom. The van der Waals surface area contributed by atoms with Crippen LogP contribution in [0.15, 0.2) is 18.2 Å². The minimum atomic E-state index is -3.21. The number of nitrogens with two attached hydrogens (primary N) is 1. The van der Waals surface area contributed by atoms with E-state index in [2.05, 4.69) is 0 Å². The maximum Gasteiger partial charge on any atom is 0.161 e. The highest BCUT2D eigenvalue weighted by atomic mass is 32.2. The summed E-state index contributed by atoms with van der Waals surface area (Å²) >= 11 is 0. The van der Waals surface area contributed by atoms with Crippen LogP contribution in [0.25, 0.3) is 0 Å². The number of benzene rings is 1. The van der Waals surface area contributed by atoms with Crippen LogP contribution in [0.3, 0.4) is 0 Å². The summed E-state index contributed by atoms with van der Waals surface area (Å²) in [4.78, 5) is 0. The van der Waals surface area contributed by atoms with Crippen LogP contribution in [0.4, 0.5) is 0 Å². The summed E-state index contributed by atoms with van der Waals surface area (Å²) in [6, 6.07) is 4.78. The van der Waals surface area contributed by atoms with Gasteiger partial charge in [-0.1, -0.05) is 13.0 Å². The molecule has 0 aliphatic heterocycles. The third kappa shape index (κ3) is 4.72. The second-order valence-corrected chi connectivity index (χ2v) is 6.52. The Kier molecular flexibility index (Phi) is 5.62. The lowest BCUT2D eigenvalue weighted by Crippen LogP contribution is -2.29. The summed E-state index contributed by atoms with van der Waals surface area (Å²) in [6.45, 7) is 1.87. The Labute approximate surface area is 114 Å². The molecule has 0 amide bonds. The van der Waals surface area contributed by atoms with Gasteiger partial charge in [-0.05, 0) is 24.1 Å². The average molecular weight is 287 g/mol. The van der Waals surface area contributed by atoms with E-state index in [1.807, 2.05) is 6.92 Å². The van der Waals surface area contributed by atoms with Crippen LogP contribution in [-0.4, -0.2) is 34.4 Å². The molecule has 1 atom stereocenters. The minimum Gasteiger partial charge on any atom is -0.493 e. The second-order valence-electron chi connectivity index (χ2n) is 4.41. The van der Waals surface area contributed by atoms with Crippen molar-refractivity contribution < 1.29 is 17.9 Å². The molecule has 1 aromatic rings. The van der Waals surface area contributed by atoms with Gasteiger partial charge in [-0.3, -0.25) is 0 Å². The summed E-state index contributed by atoms with van der Waals surface area (Å²) in [5, 5.41) is 0. The molecule has 5 nitrogen and oxygen atoms in total. The first-order valence-corrected chi connectivity index (χ1v) is 7.91. The largest absolute Gasteiger partial charge is 0.493 e. The van der Waals surface area contributed by atoms with Gasteiger partial charge in [0, 0.05) is 6.04 Å². The van der Waals surface area contributed by atoms with E-state index in [-0.39, 0.29) is 17.5 Å². The molecule has 0 fully saturated rings. The standard InChI is InChI=1S/C13H21NO4S/c1-4-11(14)9-19(15,16)8-10-5-6-12(17-2)13(7-10)18-3/h5-7,11H,4,8-9,14H2,1-3H3. The highest BCUT2D eigenvalue weighted by Crippen LogP contribution is 2.28. The quantitative estimate of drug-likeness (QED) is 0.819. The fourth-order valence-electron chi connectivity index (χ4n) is 1.73. The number of sulfone groups is 1. The number of rotatable bonds is 7. The van der Waals surface area contributed by atoms with E-state index in [1.165, 1.54) is 14.2 Å². The SMILES string of the molecule is CCC(N)CS(=O)(=O)Cc1ccc(OC)c(OC)c1. The normalized spacial score (nSPS) is 13.1. The summed E-state index contributed by atoms with van der Waals surface area (Å²) in [6.07, 6.45) is 0.644. The molecular weight excluding hydrogens is 266 g/mol. The first-order chi connectivity index (χ1) is 8.91. The molecule has 0 bridgehead atoms. The van der Waals surface area contributed by atoms with Gasteiger partial charge in [-0.15, -0.1) is 0 Å². The monoisotopic (exact) mass is 287 g/mol. The van der Waals surface area contributed by atoms with Crippen molar-refractivity contribution in [3.05, 3.63) is 23.8 Å². The molecule has 0 radical (unpaired) electrons. The lowest BCUT2D eigenvalue weighted by atomic mass is 10.2. The molecule has 0 aliphatic carbocycles. The Balaban J connectivity index is 2.88. The smallest absolute Gasteiger partial charge is 0.161 e. The van der Waals surface area contributed by atoms with Gasteiger partial charge in [0.05, 0.1) is 25.7 Å². The van der Waals surface area contributed by atoms with Crippen molar-refractivity contribution in [1.82, 2.24) is 0 Å². The zero-order chi connectivity index (χ0) is 14.5. The van der Waals surface area contributed by atoms with Gasteiger partial charge < -0.3 is 15.2 Å². The predicted molar refractivity (Wildman–Crippen MR) is 75.3 cm³/mol. The van der Waals surface area contributed by atoms with Gasteiger partial charge in [0.15, 0.2) is 21.3 Å². The third-order valence-corrected chi connectivity index (χ3v) is 4.54. The Morgan fingerprint density at radius 2 is 1.84 bits per heavy atom. The number of hydrogen-bond donors (Lipinski definition) is 1.